The third kappa shape index (κ3) is 3.58. The van der Waals surface area contributed by atoms with Crippen LogP contribution in [0.2, 0.25) is 0 Å². The van der Waals surface area contributed by atoms with Crippen molar-refractivity contribution in [1.29, 1.82) is 0 Å². The van der Waals surface area contributed by atoms with Crippen LogP contribution in [0.15, 0.2) is 54.7 Å². The highest BCUT2D eigenvalue weighted by molar-refractivity contribution is 6.09. The van der Waals surface area contributed by atoms with Gasteiger partial charge >= 0.3 is 5.97 Å². The van der Waals surface area contributed by atoms with Crippen molar-refractivity contribution in [2.45, 2.75) is 6.92 Å². The van der Waals surface area contributed by atoms with Crippen LogP contribution in [0.4, 0.5) is 5.69 Å². The van der Waals surface area contributed by atoms with Crippen molar-refractivity contribution < 1.29 is 19.1 Å². The van der Waals surface area contributed by atoms with Crippen LogP contribution in [0.5, 0.6) is 11.5 Å². The van der Waals surface area contributed by atoms with Gasteiger partial charge in [-0.1, -0.05) is 18.2 Å². The number of amides is 1. The number of aromatic nitrogens is 1. The number of hydrogen-bond acceptors (Lipinski definition) is 5. The number of hydrogen-bond donors (Lipinski definition) is 1. The van der Waals surface area contributed by atoms with Crippen LogP contribution in [-0.4, -0.2) is 24.0 Å². The highest BCUT2D eigenvalue weighted by Gasteiger charge is 2.18. The lowest BCUT2D eigenvalue weighted by Crippen LogP contribution is -2.15. The van der Waals surface area contributed by atoms with E-state index in [1.165, 1.54) is 13.1 Å². The van der Waals surface area contributed by atoms with Gasteiger partial charge in [0, 0.05) is 30.3 Å². The Labute approximate surface area is 144 Å². The molecule has 0 radical (unpaired) electrons. The molecule has 0 unspecified atom stereocenters. The van der Waals surface area contributed by atoms with E-state index < -0.39 is 11.9 Å². The quantitative estimate of drug-likeness (QED) is 0.739. The largest absolute Gasteiger partial charge is 0.497 e. The molecule has 2 aromatic carbocycles. The van der Waals surface area contributed by atoms with Crippen molar-refractivity contribution in [2.24, 2.45) is 0 Å². The fourth-order valence-electron chi connectivity index (χ4n) is 2.43. The summed E-state index contributed by atoms with van der Waals surface area (Å²) in [6.07, 6.45) is 1.40. The van der Waals surface area contributed by atoms with E-state index in [0.29, 0.717) is 22.3 Å². The van der Waals surface area contributed by atoms with Crippen LogP contribution in [0.25, 0.3) is 10.9 Å². The fraction of sp³-hybridized carbons (Fsp3) is 0.105. The number of fused-ring (bicyclic) bond motifs is 1. The van der Waals surface area contributed by atoms with E-state index in [-0.39, 0.29) is 11.3 Å². The molecule has 6 heteroatoms. The summed E-state index contributed by atoms with van der Waals surface area (Å²) in [5, 5.41) is 3.35. The minimum atomic E-state index is -0.508. The van der Waals surface area contributed by atoms with Crippen molar-refractivity contribution >= 4 is 28.5 Å². The van der Waals surface area contributed by atoms with Crippen LogP contribution < -0.4 is 14.8 Å². The second-order valence-corrected chi connectivity index (χ2v) is 5.30. The molecular weight excluding hydrogens is 320 g/mol. The van der Waals surface area contributed by atoms with Crippen molar-refractivity contribution in [3.8, 4) is 11.5 Å². The van der Waals surface area contributed by atoms with E-state index in [2.05, 4.69) is 10.3 Å². The van der Waals surface area contributed by atoms with Crippen molar-refractivity contribution in [2.75, 3.05) is 12.4 Å². The molecule has 3 aromatic rings. The Balaban J connectivity index is 2.01. The summed E-state index contributed by atoms with van der Waals surface area (Å²) in [5.41, 5.74) is 1.37. The molecule has 0 spiro atoms. The topological polar surface area (TPSA) is 77.5 Å². The summed E-state index contributed by atoms with van der Waals surface area (Å²) in [6, 6.07) is 14.1. The molecule has 126 valence electrons. The van der Waals surface area contributed by atoms with Gasteiger partial charge in [-0.15, -0.1) is 0 Å². The van der Waals surface area contributed by atoms with Gasteiger partial charge in [-0.25, -0.2) is 0 Å². The van der Waals surface area contributed by atoms with Crippen molar-refractivity contribution in [1.82, 2.24) is 4.98 Å². The highest BCUT2D eigenvalue weighted by atomic mass is 16.5. The van der Waals surface area contributed by atoms with Gasteiger partial charge in [-0.3, -0.25) is 14.6 Å². The molecule has 1 amide bonds. The first-order valence-corrected chi connectivity index (χ1v) is 7.60. The summed E-state index contributed by atoms with van der Waals surface area (Å²) in [6.45, 7) is 1.29. The predicted molar refractivity (Wildman–Crippen MR) is 94.0 cm³/mol. The molecule has 0 atom stereocenters. The van der Waals surface area contributed by atoms with Crippen molar-refractivity contribution in [3.63, 3.8) is 0 Å². The Morgan fingerprint density at radius 1 is 1.08 bits per heavy atom. The molecule has 1 heterocycles. The molecule has 0 fully saturated rings. The zero-order valence-corrected chi connectivity index (χ0v) is 13.8. The predicted octanol–water partition coefficient (Wildman–Crippen LogP) is 3.42. The zero-order chi connectivity index (χ0) is 17.8. The number of pyridine rings is 1. The molecule has 25 heavy (non-hydrogen) atoms. The number of carbonyl (C=O) groups excluding carboxylic acids is 2. The maximum Gasteiger partial charge on any atom is 0.308 e. The standard InChI is InChI=1S/C19H16N2O4/c1-12(22)25-18-15-8-3-4-9-17(15)20-11-16(18)19(23)21-13-6-5-7-14(10-13)24-2/h3-11H,1-2H3,(H,21,23). The molecule has 0 aliphatic heterocycles. The SMILES string of the molecule is COc1cccc(NC(=O)c2cnc3ccccc3c2OC(C)=O)c1. The van der Waals surface area contributed by atoms with E-state index in [4.69, 9.17) is 9.47 Å². The van der Waals surface area contributed by atoms with E-state index in [0.717, 1.165) is 0 Å². The number of carbonyl (C=O) groups is 2. The van der Waals surface area contributed by atoms with Gasteiger partial charge in [0.2, 0.25) is 0 Å². The zero-order valence-electron chi connectivity index (χ0n) is 13.8. The van der Waals surface area contributed by atoms with Gasteiger partial charge in [0.25, 0.3) is 5.91 Å². The van der Waals surface area contributed by atoms with E-state index in [1.54, 1.807) is 49.6 Å². The number of benzene rings is 2. The third-order valence-corrected chi connectivity index (χ3v) is 3.54. The van der Waals surface area contributed by atoms with Gasteiger partial charge in [-0.05, 0) is 24.3 Å². The first-order chi connectivity index (χ1) is 12.1. The lowest BCUT2D eigenvalue weighted by molar-refractivity contribution is -0.131. The van der Waals surface area contributed by atoms with Crippen LogP contribution >= 0.6 is 0 Å². The Hall–Kier alpha value is -3.41. The number of rotatable bonds is 4. The highest BCUT2D eigenvalue weighted by Crippen LogP contribution is 2.29. The number of methoxy groups -OCH3 is 1. The number of para-hydroxylation sites is 1. The average Bonchev–Trinajstić information content (AvgIpc) is 2.61. The van der Waals surface area contributed by atoms with Crippen LogP contribution in [0, 0.1) is 0 Å². The number of nitrogens with one attached hydrogen (secondary N) is 1. The maximum atomic E-state index is 12.7. The maximum absolute atomic E-state index is 12.7. The molecule has 3 rings (SSSR count). The van der Waals surface area contributed by atoms with E-state index in [1.807, 2.05) is 6.07 Å². The van der Waals surface area contributed by atoms with Crippen molar-refractivity contribution in [3.05, 3.63) is 60.3 Å². The minimum Gasteiger partial charge on any atom is -0.497 e. The van der Waals surface area contributed by atoms with Gasteiger partial charge in [-0.2, -0.15) is 0 Å². The second kappa shape index (κ2) is 7.00. The summed E-state index contributed by atoms with van der Waals surface area (Å²) in [5.74, 6) is -0.123. The number of nitrogens with zero attached hydrogens (tertiary/aromatic N) is 1. The molecule has 1 aromatic heterocycles. The Morgan fingerprint density at radius 3 is 2.64 bits per heavy atom. The lowest BCUT2D eigenvalue weighted by Gasteiger charge is -2.12. The summed E-state index contributed by atoms with van der Waals surface area (Å²) < 4.78 is 10.4. The van der Waals surface area contributed by atoms with E-state index >= 15 is 0 Å². The molecular formula is C19H16N2O4. The van der Waals surface area contributed by atoms with Crippen LogP contribution in [0.3, 0.4) is 0 Å². The van der Waals surface area contributed by atoms with Crippen LogP contribution in [-0.2, 0) is 4.79 Å². The monoisotopic (exact) mass is 336 g/mol. The molecule has 6 nitrogen and oxygen atoms in total. The van der Waals surface area contributed by atoms with Gasteiger partial charge < -0.3 is 14.8 Å². The summed E-state index contributed by atoms with van der Waals surface area (Å²) >= 11 is 0. The molecule has 0 saturated carbocycles. The Morgan fingerprint density at radius 2 is 1.88 bits per heavy atom. The first kappa shape index (κ1) is 16.4. The Kier molecular flexibility index (Phi) is 4.61. The fourth-order valence-corrected chi connectivity index (χ4v) is 2.43. The first-order valence-electron chi connectivity index (χ1n) is 7.60. The Bertz CT molecular complexity index is 953. The number of anilines is 1. The third-order valence-electron chi connectivity index (χ3n) is 3.54. The second-order valence-electron chi connectivity index (χ2n) is 5.30. The normalized spacial score (nSPS) is 10.3. The number of ether oxygens (including phenoxy) is 2. The van der Waals surface area contributed by atoms with Crippen LogP contribution in [0.1, 0.15) is 17.3 Å². The molecule has 0 bridgehead atoms. The molecule has 1 N–H and O–H groups in total. The molecule has 0 aliphatic rings. The average molecular weight is 336 g/mol. The lowest BCUT2D eigenvalue weighted by atomic mass is 10.1. The van der Waals surface area contributed by atoms with Gasteiger partial charge in [0.15, 0.2) is 5.75 Å². The smallest absolute Gasteiger partial charge is 0.308 e. The number of esters is 1. The summed E-state index contributed by atoms with van der Waals surface area (Å²) in [7, 11) is 1.55. The van der Waals surface area contributed by atoms with Gasteiger partial charge in [0.1, 0.15) is 11.3 Å². The minimum absolute atomic E-state index is 0.178. The molecule has 0 aliphatic carbocycles. The molecule has 0 saturated heterocycles. The summed E-state index contributed by atoms with van der Waals surface area (Å²) in [4.78, 5) is 28.4. The van der Waals surface area contributed by atoms with E-state index in [9.17, 15) is 9.59 Å². The van der Waals surface area contributed by atoms with Gasteiger partial charge in [0.05, 0.1) is 12.6 Å².